The Labute approximate surface area is 113 Å². The van der Waals surface area contributed by atoms with Crippen molar-refractivity contribution in [1.82, 2.24) is 9.97 Å². The fraction of sp³-hybridized carbons (Fsp3) is 0.0714. The average Bonchev–Trinajstić information content (AvgIpc) is 2.81. The molecule has 3 N–H and O–H groups in total. The molecule has 0 unspecified atom stereocenters. The summed E-state index contributed by atoms with van der Waals surface area (Å²) in [5, 5.41) is 9.96. The van der Waals surface area contributed by atoms with Crippen molar-refractivity contribution in [2.45, 2.75) is 6.92 Å². The number of anilines is 1. The van der Waals surface area contributed by atoms with E-state index >= 15 is 0 Å². The monoisotopic (exact) mass is 269 g/mol. The number of hydrogen-bond donors (Lipinski definition) is 2. The predicted octanol–water partition coefficient (Wildman–Crippen LogP) is 2.48. The fourth-order valence-electron chi connectivity index (χ4n) is 2.06. The van der Waals surface area contributed by atoms with Crippen molar-refractivity contribution in [1.29, 1.82) is 0 Å². The summed E-state index contributed by atoms with van der Waals surface area (Å²) in [7, 11) is 0. The Morgan fingerprint density at radius 3 is 2.70 bits per heavy atom. The topological polar surface area (TPSA) is 102 Å². The van der Waals surface area contributed by atoms with Crippen LogP contribution in [0.3, 0.4) is 0 Å². The molecule has 3 rings (SSSR count). The number of aromatic nitrogens is 2. The maximum atomic E-state index is 11.0. The molecular weight excluding hydrogens is 258 g/mol. The normalized spacial score (nSPS) is 10.8. The SMILES string of the molecule is Cc1nc(-c2cc3ccccc3o2)nc(N)c1C(=O)O. The van der Waals surface area contributed by atoms with E-state index in [2.05, 4.69) is 9.97 Å². The van der Waals surface area contributed by atoms with Gasteiger partial charge in [-0.15, -0.1) is 0 Å². The lowest BCUT2D eigenvalue weighted by Crippen LogP contribution is -2.10. The Morgan fingerprint density at radius 1 is 1.30 bits per heavy atom. The molecule has 2 aromatic heterocycles. The van der Waals surface area contributed by atoms with E-state index < -0.39 is 5.97 Å². The highest BCUT2D eigenvalue weighted by Crippen LogP contribution is 2.27. The summed E-state index contributed by atoms with van der Waals surface area (Å²) in [6.07, 6.45) is 0. The number of nitrogens with two attached hydrogens (primary N) is 1. The van der Waals surface area contributed by atoms with Crippen molar-refractivity contribution in [2.75, 3.05) is 5.73 Å². The molecule has 100 valence electrons. The third kappa shape index (κ3) is 1.87. The molecule has 20 heavy (non-hydrogen) atoms. The van der Waals surface area contributed by atoms with Gasteiger partial charge in [0.05, 0.1) is 5.69 Å². The molecule has 0 saturated heterocycles. The number of benzene rings is 1. The minimum absolute atomic E-state index is 0.0690. The minimum atomic E-state index is -1.14. The highest BCUT2D eigenvalue weighted by atomic mass is 16.4. The molecule has 6 heteroatoms. The van der Waals surface area contributed by atoms with Gasteiger partial charge in [-0.25, -0.2) is 14.8 Å². The van der Waals surface area contributed by atoms with Crippen molar-refractivity contribution in [3.8, 4) is 11.6 Å². The highest BCUT2D eigenvalue weighted by Gasteiger charge is 2.18. The van der Waals surface area contributed by atoms with Gasteiger partial charge in [-0.3, -0.25) is 0 Å². The van der Waals surface area contributed by atoms with Crippen LogP contribution in [0, 0.1) is 6.92 Å². The van der Waals surface area contributed by atoms with Crippen LogP contribution in [0.15, 0.2) is 34.7 Å². The minimum Gasteiger partial charge on any atom is -0.477 e. The third-order valence-corrected chi connectivity index (χ3v) is 2.98. The number of furan rings is 1. The number of carbonyl (C=O) groups is 1. The van der Waals surface area contributed by atoms with Gasteiger partial charge in [0.2, 0.25) is 0 Å². The summed E-state index contributed by atoms with van der Waals surface area (Å²) in [6, 6.07) is 9.30. The zero-order valence-corrected chi connectivity index (χ0v) is 10.6. The van der Waals surface area contributed by atoms with E-state index in [4.69, 9.17) is 15.3 Å². The van der Waals surface area contributed by atoms with E-state index in [1.807, 2.05) is 24.3 Å². The number of carboxylic acids is 1. The molecular formula is C14H11N3O3. The maximum absolute atomic E-state index is 11.0. The zero-order valence-electron chi connectivity index (χ0n) is 10.6. The standard InChI is InChI=1S/C14H11N3O3/c1-7-11(14(18)19)12(15)17-13(16-7)10-6-8-4-2-3-5-9(8)20-10/h2-6H,1H3,(H,18,19)(H2,15,16,17). The molecule has 2 heterocycles. The van der Waals surface area contributed by atoms with E-state index in [9.17, 15) is 4.79 Å². The summed E-state index contributed by atoms with van der Waals surface area (Å²) >= 11 is 0. The van der Waals surface area contributed by atoms with E-state index in [1.54, 1.807) is 13.0 Å². The Morgan fingerprint density at radius 2 is 2.05 bits per heavy atom. The summed E-state index contributed by atoms with van der Waals surface area (Å²) in [5.74, 6) is -0.476. The van der Waals surface area contributed by atoms with Crippen LogP contribution >= 0.6 is 0 Å². The molecule has 0 aliphatic carbocycles. The van der Waals surface area contributed by atoms with E-state index in [0.29, 0.717) is 17.0 Å². The van der Waals surface area contributed by atoms with Gasteiger partial charge in [0.1, 0.15) is 17.0 Å². The molecule has 0 fully saturated rings. The molecule has 0 bridgehead atoms. The number of aryl methyl sites for hydroxylation is 1. The lowest BCUT2D eigenvalue weighted by atomic mass is 10.2. The first-order valence-electron chi connectivity index (χ1n) is 5.92. The molecule has 0 saturated carbocycles. The first-order chi connectivity index (χ1) is 9.56. The number of nitrogen functional groups attached to an aromatic ring is 1. The van der Waals surface area contributed by atoms with Gasteiger partial charge in [-0.05, 0) is 19.1 Å². The Hall–Kier alpha value is -2.89. The van der Waals surface area contributed by atoms with Crippen LogP contribution < -0.4 is 5.73 Å². The largest absolute Gasteiger partial charge is 0.477 e. The van der Waals surface area contributed by atoms with E-state index in [0.717, 1.165) is 5.39 Å². The Balaban J connectivity index is 2.17. The lowest BCUT2D eigenvalue weighted by molar-refractivity contribution is 0.0696. The number of carboxylic acid groups (broad SMARTS) is 1. The molecule has 0 aliphatic heterocycles. The molecule has 0 aliphatic rings. The van der Waals surface area contributed by atoms with Crippen LogP contribution in [0.4, 0.5) is 5.82 Å². The summed E-state index contributed by atoms with van der Waals surface area (Å²) in [4.78, 5) is 19.2. The van der Waals surface area contributed by atoms with Gasteiger partial charge in [-0.2, -0.15) is 0 Å². The quantitative estimate of drug-likeness (QED) is 0.740. The number of nitrogens with zero attached hydrogens (tertiary/aromatic N) is 2. The second-order valence-electron chi connectivity index (χ2n) is 4.35. The summed E-state index contributed by atoms with van der Waals surface area (Å²) < 4.78 is 5.64. The van der Waals surface area contributed by atoms with Crippen molar-refractivity contribution >= 4 is 22.8 Å². The van der Waals surface area contributed by atoms with Gasteiger partial charge in [0, 0.05) is 5.39 Å². The molecule has 6 nitrogen and oxygen atoms in total. The van der Waals surface area contributed by atoms with Crippen LogP contribution in [0.1, 0.15) is 16.1 Å². The average molecular weight is 269 g/mol. The number of para-hydroxylation sites is 1. The molecule has 0 amide bonds. The molecule has 1 aromatic carbocycles. The van der Waals surface area contributed by atoms with E-state index in [1.165, 1.54) is 0 Å². The van der Waals surface area contributed by atoms with Gasteiger partial charge in [0.25, 0.3) is 0 Å². The van der Waals surface area contributed by atoms with Crippen LogP contribution in [0.5, 0.6) is 0 Å². The summed E-state index contributed by atoms with van der Waals surface area (Å²) in [6.45, 7) is 1.58. The second kappa shape index (κ2) is 4.34. The van der Waals surface area contributed by atoms with Crippen molar-refractivity contribution in [2.24, 2.45) is 0 Å². The van der Waals surface area contributed by atoms with Crippen LogP contribution in [-0.2, 0) is 0 Å². The van der Waals surface area contributed by atoms with Gasteiger partial charge in [-0.1, -0.05) is 18.2 Å². The smallest absolute Gasteiger partial charge is 0.341 e. The van der Waals surface area contributed by atoms with Crippen LogP contribution in [0.25, 0.3) is 22.6 Å². The highest BCUT2D eigenvalue weighted by molar-refractivity contribution is 5.94. The van der Waals surface area contributed by atoms with Gasteiger partial charge >= 0.3 is 5.97 Å². The van der Waals surface area contributed by atoms with E-state index in [-0.39, 0.29) is 17.2 Å². The van der Waals surface area contributed by atoms with Gasteiger partial charge in [0.15, 0.2) is 11.6 Å². The first-order valence-corrected chi connectivity index (χ1v) is 5.92. The van der Waals surface area contributed by atoms with Crippen LogP contribution in [-0.4, -0.2) is 21.0 Å². The number of aromatic carboxylic acids is 1. The van der Waals surface area contributed by atoms with Gasteiger partial charge < -0.3 is 15.3 Å². The second-order valence-corrected chi connectivity index (χ2v) is 4.35. The van der Waals surface area contributed by atoms with Crippen molar-refractivity contribution in [3.05, 3.63) is 41.6 Å². The Bertz CT molecular complexity index is 767. The first kappa shape index (κ1) is 12.2. The molecule has 3 aromatic rings. The molecule has 0 atom stereocenters. The van der Waals surface area contributed by atoms with Crippen molar-refractivity contribution < 1.29 is 14.3 Å². The summed E-state index contributed by atoms with van der Waals surface area (Å²) in [5.41, 5.74) is 6.62. The predicted molar refractivity (Wildman–Crippen MR) is 73.3 cm³/mol. The van der Waals surface area contributed by atoms with Crippen LogP contribution in [0.2, 0.25) is 0 Å². The lowest BCUT2D eigenvalue weighted by Gasteiger charge is -2.05. The Kier molecular flexibility index (Phi) is 2.64. The maximum Gasteiger partial charge on any atom is 0.341 e. The zero-order chi connectivity index (χ0) is 14.3. The molecule has 0 spiro atoms. The third-order valence-electron chi connectivity index (χ3n) is 2.98. The van der Waals surface area contributed by atoms with Crippen molar-refractivity contribution in [3.63, 3.8) is 0 Å². The fourth-order valence-corrected chi connectivity index (χ4v) is 2.06. The number of hydrogen-bond acceptors (Lipinski definition) is 5. The molecule has 0 radical (unpaired) electrons. The number of rotatable bonds is 2. The number of fused-ring (bicyclic) bond motifs is 1.